The fourth-order valence-electron chi connectivity index (χ4n) is 2.47. The third kappa shape index (κ3) is 3.85. The first-order valence-corrected chi connectivity index (χ1v) is 8.78. The molecule has 8 heteroatoms. The minimum atomic E-state index is -0.513. The number of oxazole rings is 1. The fourth-order valence-corrected chi connectivity index (χ4v) is 3.19. The summed E-state index contributed by atoms with van der Waals surface area (Å²) in [5.74, 6) is -1.18. The number of carbonyl (C=O) groups is 1. The highest BCUT2D eigenvalue weighted by molar-refractivity contribution is 7.14. The van der Waals surface area contributed by atoms with Gasteiger partial charge >= 0.3 is 5.76 Å². The number of rotatable bonds is 4. The van der Waals surface area contributed by atoms with Crippen molar-refractivity contribution >= 4 is 39.6 Å². The molecule has 0 aliphatic heterocycles. The first kappa shape index (κ1) is 16.9. The highest BCUT2D eigenvalue weighted by Crippen LogP contribution is 2.27. The Kier molecular flexibility index (Phi) is 4.39. The van der Waals surface area contributed by atoms with Crippen molar-refractivity contribution in [3.05, 3.63) is 75.9 Å². The summed E-state index contributed by atoms with van der Waals surface area (Å²) in [7, 11) is 0. The smallest absolute Gasteiger partial charge is 0.408 e. The summed E-state index contributed by atoms with van der Waals surface area (Å²) in [6.07, 6.45) is 2.95. The van der Waals surface area contributed by atoms with Crippen LogP contribution >= 0.6 is 11.3 Å². The van der Waals surface area contributed by atoms with E-state index in [0.29, 0.717) is 27.5 Å². The number of aromatic amines is 1. The molecule has 4 aromatic rings. The van der Waals surface area contributed by atoms with Crippen LogP contribution in [0.4, 0.5) is 9.52 Å². The van der Waals surface area contributed by atoms with E-state index < -0.39 is 5.76 Å². The van der Waals surface area contributed by atoms with Crippen molar-refractivity contribution in [1.82, 2.24) is 9.97 Å². The van der Waals surface area contributed by atoms with Crippen LogP contribution in [0.15, 0.2) is 63.1 Å². The van der Waals surface area contributed by atoms with Gasteiger partial charge in [-0.25, -0.2) is 14.2 Å². The highest BCUT2D eigenvalue weighted by Gasteiger charge is 2.09. The van der Waals surface area contributed by atoms with Gasteiger partial charge in [0.15, 0.2) is 10.7 Å². The van der Waals surface area contributed by atoms with E-state index in [1.54, 1.807) is 41.8 Å². The third-order valence-electron chi connectivity index (χ3n) is 3.75. The Hall–Kier alpha value is -3.52. The van der Waals surface area contributed by atoms with E-state index in [4.69, 9.17) is 4.42 Å². The molecular weight excluding hydrogens is 369 g/mol. The second-order valence-corrected chi connectivity index (χ2v) is 6.50. The minimum Gasteiger partial charge on any atom is -0.408 e. The molecule has 0 spiro atoms. The molecule has 2 N–H and O–H groups in total. The molecule has 2 aromatic heterocycles. The molecule has 2 heterocycles. The van der Waals surface area contributed by atoms with Gasteiger partial charge in [-0.1, -0.05) is 12.1 Å². The van der Waals surface area contributed by atoms with E-state index in [1.165, 1.54) is 29.5 Å². The van der Waals surface area contributed by atoms with Crippen molar-refractivity contribution in [1.29, 1.82) is 0 Å². The van der Waals surface area contributed by atoms with E-state index in [0.717, 1.165) is 5.56 Å². The lowest BCUT2D eigenvalue weighted by Crippen LogP contribution is -2.07. The summed E-state index contributed by atoms with van der Waals surface area (Å²) in [5, 5.41) is 4.93. The number of anilines is 1. The number of H-pyrrole nitrogens is 1. The Balaban J connectivity index is 1.47. The van der Waals surface area contributed by atoms with Gasteiger partial charge in [-0.15, -0.1) is 11.3 Å². The topological polar surface area (TPSA) is 88.0 Å². The van der Waals surface area contributed by atoms with E-state index in [1.807, 2.05) is 0 Å². The Morgan fingerprint density at radius 3 is 2.85 bits per heavy atom. The maximum absolute atomic E-state index is 12.9. The van der Waals surface area contributed by atoms with Crippen LogP contribution in [-0.4, -0.2) is 15.9 Å². The number of nitrogens with zero attached hydrogens (tertiary/aromatic N) is 1. The zero-order valence-corrected chi connectivity index (χ0v) is 14.5. The molecule has 0 aliphatic rings. The molecular formula is C19H12FN3O3S. The van der Waals surface area contributed by atoms with Crippen molar-refractivity contribution in [2.24, 2.45) is 0 Å². The Labute approximate surface area is 156 Å². The molecule has 0 aliphatic carbocycles. The van der Waals surface area contributed by atoms with E-state index in [2.05, 4.69) is 15.3 Å². The molecule has 2 aromatic carbocycles. The Bertz CT molecular complexity index is 1200. The van der Waals surface area contributed by atoms with Crippen LogP contribution in [-0.2, 0) is 4.79 Å². The van der Waals surface area contributed by atoms with Gasteiger partial charge in [0.25, 0.3) is 0 Å². The van der Waals surface area contributed by atoms with Gasteiger partial charge in [0.1, 0.15) is 5.82 Å². The van der Waals surface area contributed by atoms with Gasteiger partial charge in [-0.2, -0.15) is 0 Å². The summed E-state index contributed by atoms with van der Waals surface area (Å²) in [6, 6.07) is 11.0. The van der Waals surface area contributed by atoms with Crippen molar-refractivity contribution in [2.75, 3.05) is 5.32 Å². The molecule has 0 bridgehead atoms. The normalized spacial score (nSPS) is 11.3. The predicted octanol–water partition coefficient (Wildman–Crippen LogP) is 4.04. The quantitative estimate of drug-likeness (QED) is 0.522. The van der Waals surface area contributed by atoms with Gasteiger partial charge in [0.05, 0.1) is 11.2 Å². The fraction of sp³-hybridized carbons (Fsp3) is 0. The molecule has 0 saturated carbocycles. The number of nitrogens with one attached hydrogen (secondary N) is 2. The van der Waals surface area contributed by atoms with Crippen molar-refractivity contribution in [3.63, 3.8) is 0 Å². The molecule has 0 saturated heterocycles. The standard InChI is InChI=1S/C19H12FN3O3S/c20-13-5-1-11(2-6-13)3-8-17(24)23-18-21-15(10-27-18)12-4-7-16-14(9-12)22-19(25)26-16/h1-10H,(H,22,25)(H,21,23,24)/b8-3+. The zero-order valence-electron chi connectivity index (χ0n) is 13.7. The third-order valence-corrected chi connectivity index (χ3v) is 4.50. The number of aromatic nitrogens is 2. The second-order valence-electron chi connectivity index (χ2n) is 5.64. The SMILES string of the molecule is O=C(/C=C/c1ccc(F)cc1)Nc1nc(-c2ccc3oc(=O)[nH]c3c2)cs1. The van der Waals surface area contributed by atoms with Crippen LogP contribution in [0, 0.1) is 5.82 Å². The Morgan fingerprint density at radius 1 is 1.22 bits per heavy atom. The van der Waals surface area contributed by atoms with E-state index >= 15 is 0 Å². The van der Waals surface area contributed by atoms with Crippen LogP contribution in [0.1, 0.15) is 5.56 Å². The van der Waals surface area contributed by atoms with Gasteiger partial charge in [-0.3, -0.25) is 15.1 Å². The minimum absolute atomic E-state index is 0.329. The van der Waals surface area contributed by atoms with Crippen molar-refractivity contribution in [3.8, 4) is 11.3 Å². The number of thiazole rings is 1. The monoisotopic (exact) mass is 381 g/mol. The summed E-state index contributed by atoms with van der Waals surface area (Å²) in [5.41, 5.74) is 3.23. The molecule has 27 heavy (non-hydrogen) atoms. The van der Waals surface area contributed by atoms with Crippen molar-refractivity contribution < 1.29 is 13.6 Å². The number of amides is 1. The highest BCUT2D eigenvalue weighted by atomic mass is 32.1. The molecule has 4 rings (SSSR count). The number of halogens is 1. The lowest BCUT2D eigenvalue weighted by atomic mass is 10.1. The average Bonchev–Trinajstić information content (AvgIpc) is 3.26. The van der Waals surface area contributed by atoms with E-state index in [9.17, 15) is 14.0 Å². The predicted molar refractivity (Wildman–Crippen MR) is 102 cm³/mol. The molecule has 0 unspecified atom stereocenters. The van der Waals surface area contributed by atoms with Crippen molar-refractivity contribution in [2.45, 2.75) is 0 Å². The largest absolute Gasteiger partial charge is 0.417 e. The lowest BCUT2D eigenvalue weighted by molar-refractivity contribution is -0.111. The first-order valence-electron chi connectivity index (χ1n) is 7.90. The summed E-state index contributed by atoms with van der Waals surface area (Å²) < 4.78 is 17.8. The number of fused-ring (bicyclic) bond motifs is 1. The molecule has 1 amide bonds. The Morgan fingerprint density at radius 2 is 2.04 bits per heavy atom. The van der Waals surface area contributed by atoms with Crippen LogP contribution in [0.5, 0.6) is 0 Å². The average molecular weight is 381 g/mol. The van der Waals surface area contributed by atoms with Gasteiger partial charge in [0.2, 0.25) is 5.91 Å². The van der Waals surface area contributed by atoms with Gasteiger partial charge in [-0.05, 0) is 42.0 Å². The lowest BCUT2D eigenvalue weighted by Gasteiger charge is -1.98. The zero-order chi connectivity index (χ0) is 18.8. The molecule has 0 fully saturated rings. The van der Waals surface area contributed by atoms with Crippen LogP contribution in [0.3, 0.4) is 0 Å². The summed E-state index contributed by atoms with van der Waals surface area (Å²) >= 11 is 1.29. The summed E-state index contributed by atoms with van der Waals surface area (Å²) in [4.78, 5) is 30.2. The van der Waals surface area contributed by atoms with Gasteiger partial charge < -0.3 is 4.42 Å². The second kappa shape index (κ2) is 7.00. The van der Waals surface area contributed by atoms with Crippen LogP contribution < -0.4 is 11.1 Å². The maximum Gasteiger partial charge on any atom is 0.417 e. The maximum atomic E-state index is 12.9. The van der Waals surface area contributed by atoms with Crippen LogP contribution in [0.2, 0.25) is 0 Å². The molecule has 134 valence electrons. The summed E-state index contributed by atoms with van der Waals surface area (Å²) in [6.45, 7) is 0. The number of hydrogen-bond acceptors (Lipinski definition) is 5. The number of hydrogen-bond donors (Lipinski definition) is 2. The molecule has 6 nitrogen and oxygen atoms in total. The van der Waals surface area contributed by atoms with Gasteiger partial charge in [0, 0.05) is 17.0 Å². The molecule has 0 atom stereocenters. The number of carbonyl (C=O) groups excluding carboxylic acids is 1. The van der Waals surface area contributed by atoms with E-state index in [-0.39, 0.29) is 11.7 Å². The number of benzene rings is 2. The van der Waals surface area contributed by atoms with Crippen LogP contribution in [0.25, 0.3) is 28.4 Å². The molecule has 0 radical (unpaired) electrons. The first-order chi connectivity index (χ1) is 13.1.